The van der Waals surface area contributed by atoms with Crippen molar-refractivity contribution in [1.29, 1.82) is 0 Å². The summed E-state index contributed by atoms with van der Waals surface area (Å²) < 4.78 is 0. The molecule has 15 heavy (non-hydrogen) atoms. The van der Waals surface area contributed by atoms with Crippen LogP contribution in [0.2, 0.25) is 0 Å². The van der Waals surface area contributed by atoms with Gasteiger partial charge >= 0.3 is 0 Å². The van der Waals surface area contributed by atoms with E-state index in [-0.39, 0.29) is 17.2 Å². The zero-order valence-electron chi connectivity index (χ0n) is 9.66. The number of nitrogens with two attached hydrogens (primary N) is 1. The number of primary amides is 1. The maximum Gasteiger partial charge on any atom is 0.218 e. The second-order valence-electron chi connectivity index (χ2n) is 5.00. The van der Waals surface area contributed by atoms with Crippen LogP contribution in [0.1, 0.15) is 38.7 Å². The van der Waals surface area contributed by atoms with Gasteiger partial charge in [-0.1, -0.05) is 51.1 Å². The molecule has 0 saturated carbocycles. The molecule has 2 N–H and O–H groups in total. The van der Waals surface area contributed by atoms with Gasteiger partial charge in [0.25, 0.3) is 0 Å². The van der Waals surface area contributed by atoms with E-state index in [1.165, 1.54) is 5.56 Å². The lowest BCUT2D eigenvalue weighted by molar-refractivity contribution is -0.118. The van der Waals surface area contributed by atoms with Crippen LogP contribution in [0.5, 0.6) is 0 Å². The van der Waals surface area contributed by atoms with Crippen molar-refractivity contribution in [2.75, 3.05) is 0 Å². The lowest BCUT2D eigenvalue weighted by Crippen LogP contribution is -2.24. The molecule has 1 atom stereocenters. The Labute approximate surface area is 91.5 Å². The van der Waals surface area contributed by atoms with Gasteiger partial charge in [0, 0.05) is 6.42 Å². The molecule has 0 aliphatic heterocycles. The standard InChI is InChI=1S/C13H19NO/c1-13(2,3)11(9-12(14)15)10-7-5-4-6-8-10/h4-8,11H,9H2,1-3H3,(H2,14,15). The van der Waals surface area contributed by atoms with Gasteiger partial charge in [-0.15, -0.1) is 0 Å². The topological polar surface area (TPSA) is 43.1 Å². The smallest absolute Gasteiger partial charge is 0.218 e. The van der Waals surface area contributed by atoms with Gasteiger partial charge in [-0.3, -0.25) is 4.79 Å². The average Bonchev–Trinajstić information content (AvgIpc) is 2.14. The lowest BCUT2D eigenvalue weighted by Gasteiger charge is -2.30. The first-order valence-corrected chi connectivity index (χ1v) is 5.24. The maximum absolute atomic E-state index is 11.1. The third kappa shape index (κ3) is 3.39. The Morgan fingerprint density at radius 2 is 1.80 bits per heavy atom. The number of carbonyl (C=O) groups is 1. The number of rotatable bonds is 3. The first-order chi connectivity index (χ1) is 6.91. The molecule has 0 aromatic heterocycles. The molecule has 0 radical (unpaired) electrons. The van der Waals surface area contributed by atoms with Crippen molar-refractivity contribution in [2.24, 2.45) is 11.1 Å². The van der Waals surface area contributed by atoms with Gasteiger partial charge in [0.15, 0.2) is 0 Å². The normalized spacial score (nSPS) is 13.5. The Kier molecular flexibility index (Phi) is 3.51. The third-order valence-corrected chi connectivity index (χ3v) is 2.65. The van der Waals surface area contributed by atoms with Gasteiger partial charge in [-0.25, -0.2) is 0 Å². The molecule has 0 aliphatic carbocycles. The highest BCUT2D eigenvalue weighted by Gasteiger charge is 2.27. The molecule has 1 amide bonds. The van der Waals surface area contributed by atoms with E-state index in [0.717, 1.165) is 0 Å². The number of benzene rings is 1. The SMILES string of the molecule is CC(C)(C)C(CC(N)=O)c1ccccc1. The molecule has 1 aromatic rings. The molecule has 1 rings (SSSR count). The van der Waals surface area contributed by atoms with Gasteiger partial charge in [-0.05, 0) is 16.9 Å². The highest BCUT2D eigenvalue weighted by molar-refractivity contribution is 5.74. The zero-order valence-corrected chi connectivity index (χ0v) is 9.66. The fourth-order valence-corrected chi connectivity index (χ4v) is 1.81. The summed E-state index contributed by atoms with van der Waals surface area (Å²) in [5.74, 6) is -0.0463. The highest BCUT2D eigenvalue weighted by Crippen LogP contribution is 2.37. The maximum atomic E-state index is 11.1. The highest BCUT2D eigenvalue weighted by atomic mass is 16.1. The first kappa shape index (κ1) is 11.8. The Hall–Kier alpha value is -1.31. The molecule has 0 spiro atoms. The monoisotopic (exact) mass is 205 g/mol. The Morgan fingerprint density at radius 3 is 2.20 bits per heavy atom. The summed E-state index contributed by atoms with van der Waals surface area (Å²) in [4.78, 5) is 11.1. The molecule has 82 valence electrons. The minimum Gasteiger partial charge on any atom is -0.370 e. The van der Waals surface area contributed by atoms with Gasteiger partial charge in [0.1, 0.15) is 0 Å². The van der Waals surface area contributed by atoms with E-state index in [1.807, 2.05) is 18.2 Å². The van der Waals surface area contributed by atoms with Crippen molar-refractivity contribution in [2.45, 2.75) is 33.1 Å². The van der Waals surface area contributed by atoms with Gasteiger partial charge < -0.3 is 5.73 Å². The van der Waals surface area contributed by atoms with Crippen molar-refractivity contribution in [1.82, 2.24) is 0 Å². The molecule has 1 aromatic carbocycles. The fourth-order valence-electron chi connectivity index (χ4n) is 1.81. The predicted molar refractivity (Wildman–Crippen MR) is 62.4 cm³/mol. The average molecular weight is 205 g/mol. The van der Waals surface area contributed by atoms with Gasteiger partial charge in [-0.2, -0.15) is 0 Å². The van der Waals surface area contributed by atoms with Crippen molar-refractivity contribution < 1.29 is 4.79 Å². The predicted octanol–water partition coefficient (Wildman–Crippen LogP) is 2.69. The van der Waals surface area contributed by atoms with Crippen LogP contribution in [0.3, 0.4) is 0 Å². The van der Waals surface area contributed by atoms with Crippen LogP contribution >= 0.6 is 0 Å². The van der Waals surface area contributed by atoms with Crippen LogP contribution in [-0.2, 0) is 4.79 Å². The van der Waals surface area contributed by atoms with E-state index in [2.05, 4.69) is 32.9 Å². The molecule has 0 fully saturated rings. The van der Waals surface area contributed by atoms with E-state index >= 15 is 0 Å². The van der Waals surface area contributed by atoms with Gasteiger partial charge in [0.2, 0.25) is 5.91 Å². The molecule has 2 nitrogen and oxygen atoms in total. The summed E-state index contributed by atoms with van der Waals surface area (Å²) in [6.07, 6.45) is 0.410. The van der Waals surface area contributed by atoms with Crippen LogP contribution < -0.4 is 5.73 Å². The van der Waals surface area contributed by atoms with E-state index < -0.39 is 0 Å². The largest absolute Gasteiger partial charge is 0.370 e. The van der Waals surface area contributed by atoms with Crippen LogP contribution in [0, 0.1) is 5.41 Å². The zero-order chi connectivity index (χ0) is 11.5. The summed E-state index contributed by atoms with van der Waals surface area (Å²) in [6, 6.07) is 10.1. The number of carbonyl (C=O) groups excluding carboxylic acids is 1. The summed E-state index contributed by atoms with van der Waals surface area (Å²) in [5, 5.41) is 0. The second-order valence-corrected chi connectivity index (χ2v) is 5.00. The summed E-state index contributed by atoms with van der Waals surface area (Å²) in [7, 11) is 0. The number of amides is 1. The molecule has 0 heterocycles. The van der Waals surface area contributed by atoms with Crippen molar-refractivity contribution in [3.63, 3.8) is 0 Å². The van der Waals surface area contributed by atoms with Crippen LogP contribution in [0.15, 0.2) is 30.3 Å². The molecular weight excluding hydrogens is 186 g/mol. The van der Waals surface area contributed by atoms with E-state index in [9.17, 15) is 4.79 Å². The molecule has 2 heteroatoms. The van der Waals surface area contributed by atoms with Crippen molar-refractivity contribution in [3.8, 4) is 0 Å². The van der Waals surface area contributed by atoms with Crippen molar-refractivity contribution in [3.05, 3.63) is 35.9 Å². The summed E-state index contributed by atoms with van der Waals surface area (Å²) >= 11 is 0. The number of hydrogen-bond acceptors (Lipinski definition) is 1. The van der Waals surface area contributed by atoms with Crippen LogP contribution in [-0.4, -0.2) is 5.91 Å². The van der Waals surface area contributed by atoms with Crippen LogP contribution in [0.4, 0.5) is 0 Å². The minimum absolute atomic E-state index is 0.0520. The van der Waals surface area contributed by atoms with Crippen LogP contribution in [0.25, 0.3) is 0 Å². The molecule has 0 bridgehead atoms. The second kappa shape index (κ2) is 4.47. The summed E-state index contributed by atoms with van der Waals surface area (Å²) in [6.45, 7) is 6.40. The van der Waals surface area contributed by atoms with E-state index in [4.69, 9.17) is 5.73 Å². The van der Waals surface area contributed by atoms with E-state index in [0.29, 0.717) is 6.42 Å². The lowest BCUT2D eigenvalue weighted by atomic mass is 9.74. The molecular formula is C13H19NO. The fraction of sp³-hybridized carbons (Fsp3) is 0.462. The van der Waals surface area contributed by atoms with E-state index in [1.54, 1.807) is 0 Å². The molecule has 1 unspecified atom stereocenters. The number of hydrogen-bond donors (Lipinski definition) is 1. The Morgan fingerprint density at radius 1 is 1.27 bits per heavy atom. The Balaban J connectivity index is 2.97. The Bertz CT molecular complexity index is 324. The van der Waals surface area contributed by atoms with Gasteiger partial charge in [0.05, 0.1) is 0 Å². The quantitative estimate of drug-likeness (QED) is 0.810. The first-order valence-electron chi connectivity index (χ1n) is 5.24. The third-order valence-electron chi connectivity index (χ3n) is 2.65. The summed E-state index contributed by atoms with van der Waals surface area (Å²) in [5.41, 5.74) is 6.52. The minimum atomic E-state index is -0.237. The van der Waals surface area contributed by atoms with Crippen molar-refractivity contribution >= 4 is 5.91 Å². The molecule has 0 saturated heterocycles. The molecule has 0 aliphatic rings.